The van der Waals surface area contributed by atoms with E-state index in [2.05, 4.69) is 0 Å². The quantitative estimate of drug-likeness (QED) is 0.901. The van der Waals surface area contributed by atoms with Gasteiger partial charge >= 0.3 is 5.97 Å². The van der Waals surface area contributed by atoms with Crippen molar-refractivity contribution in [3.8, 4) is 5.75 Å². The van der Waals surface area contributed by atoms with Gasteiger partial charge in [0.2, 0.25) is 5.91 Å². The zero-order valence-electron chi connectivity index (χ0n) is 11.6. The minimum Gasteiger partial charge on any atom is -0.493 e. The van der Waals surface area contributed by atoms with Crippen LogP contribution in [-0.4, -0.2) is 41.6 Å². The Morgan fingerprint density at radius 2 is 2.05 bits per heavy atom. The topological polar surface area (TPSA) is 66.8 Å². The lowest BCUT2D eigenvalue weighted by atomic mass is 9.98. The molecule has 21 heavy (non-hydrogen) atoms. The molecular formula is C15H18FNO4. The van der Waals surface area contributed by atoms with E-state index in [0.717, 1.165) is 0 Å². The van der Waals surface area contributed by atoms with Crippen molar-refractivity contribution >= 4 is 11.9 Å². The van der Waals surface area contributed by atoms with Crippen LogP contribution in [0.5, 0.6) is 5.75 Å². The number of piperidine rings is 1. The molecule has 1 atom stereocenters. The molecule has 1 heterocycles. The monoisotopic (exact) mass is 295 g/mol. The van der Waals surface area contributed by atoms with Crippen LogP contribution in [0, 0.1) is 11.7 Å². The molecule has 1 saturated heterocycles. The SMILES string of the molecule is O=C(O)[C@H]1CCCN(C(=O)CCOc2ccc(F)cc2)C1. The maximum Gasteiger partial charge on any atom is 0.308 e. The summed E-state index contributed by atoms with van der Waals surface area (Å²) in [6.07, 6.45) is 1.51. The molecule has 0 spiro atoms. The van der Waals surface area contributed by atoms with Gasteiger partial charge in [-0.2, -0.15) is 0 Å². The lowest BCUT2D eigenvalue weighted by Gasteiger charge is -2.30. The fourth-order valence-corrected chi connectivity index (χ4v) is 2.35. The summed E-state index contributed by atoms with van der Waals surface area (Å²) in [4.78, 5) is 24.5. The smallest absolute Gasteiger partial charge is 0.308 e. The standard InChI is InChI=1S/C15H18FNO4/c16-12-3-5-13(6-4-12)21-9-7-14(18)17-8-1-2-11(10-17)15(19)20/h3-6,11H,1-2,7-10H2,(H,19,20)/t11-/m0/s1. The Morgan fingerprint density at radius 3 is 2.71 bits per heavy atom. The Labute approximate surface area is 122 Å². The number of benzene rings is 1. The van der Waals surface area contributed by atoms with Gasteiger partial charge in [0.15, 0.2) is 0 Å². The number of hydrogen-bond acceptors (Lipinski definition) is 3. The first-order valence-electron chi connectivity index (χ1n) is 6.95. The number of carboxylic acids is 1. The van der Waals surface area contributed by atoms with Gasteiger partial charge in [0.1, 0.15) is 11.6 Å². The molecule has 0 aliphatic carbocycles. The number of carbonyl (C=O) groups is 2. The van der Waals surface area contributed by atoms with Crippen molar-refractivity contribution < 1.29 is 23.8 Å². The lowest BCUT2D eigenvalue weighted by molar-refractivity contribution is -0.145. The van der Waals surface area contributed by atoms with Crippen LogP contribution in [0.3, 0.4) is 0 Å². The Kier molecular flexibility index (Phi) is 5.14. The van der Waals surface area contributed by atoms with E-state index in [4.69, 9.17) is 9.84 Å². The summed E-state index contributed by atoms with van der Waals surface area (Å²) in [7, 11) is 0. The van der Waals surface area contributed by atoms with Crippen LogP contribution in [0.15, 0.2) is 24.3 Å². The van der Waals surface area contributed by atoms with Crippen molar-refractivity contribution in [2.45, 2.75) is 19.3 Å². The number of carboxylic acid groups (broad SMARTS) is 1. The number of hydrogen-bond donors (Lipinski definition) is 1. The second-order valence-corrected chi connectivity index (χ2v) is 5.07. The second-order valence-electron chi connectivity index (χ2n) is 5.07. The van der Waals surface area contributed by atoms with Gasteiger partial charge in [-0.25, -0.2) is 4.39 Å². The Bertz CT molecular complexity index is 503. The fraction of sp³-hybridized carbons (Fsp3) is 0.467. The van der Waals surface area contributed by atoms with Gasteiger partial charge in [0.05, 0.1) is 18.9 Å². The molecule has 1 aliphatic heterocycles. The van der Waals surface area contributed by atoms with E-state index in [1.54, 1.807) is 4.90 Å². The Morgan fingerprint density at radius 1 is 1.33 bits per heavy atom. The molecule has 2 rings (SSSR count). The number of halogens is 1. The van der Waals surface area contributed by atoms with Crippen molar-refractivity contribution in [1.82, 2.24) is 4.90 Å². The van der Waals surface area contributed by atoms with Crippen molar-refractivity contribution in [1.29, 1.82) is 0 Å². The molecular weight excluding hydrogens is 277 g/mol. The Balaban J connectivity index is 1.76. The Hall–Kier alpha value is -2.11. The minimum atomic E-state index is -0.852. The molecule has 0 unspecified atom stereocenters. The number of carbonyl (C=O) groups excluding carboxylic acids is 1. The molecule has 1 N–H and O–H groups in total. The molecule has 1 amide bonds. The van der Waals surface area contributed by atoms with E-state index < -0.39 is 11.9 Å². The van der Waals surface area contributed by atoms with Crippen molar-refractivity contribution in [2.75, 3.05) is 19.7 Å². The highest BCUT2D eigenvalue weighted by molar-refractivity contribution is 5.78. The lowest BCUT2D eigenvalue weighted by Crippen LogP contribution is -2.42. The number of rotatable bonds is 5. The van der Waals surface area contributed by atoms with E-state index in [9.17, 15) is 14.0 Å². The molecule has 1 aromatic carbocycles. The van der Waals surface area contributed by atoms with Crippen molar-refractivity contribution in [2.24, 2.45) is 5.92 Å². The average Bonchev–Trinajstić information content (AvgIpc) is 2.49. The maximum atomic E-state index is 12.7. The summed E-state index contributed by atoms with van der Waals surface area (Å²) in [5, 5.41) is 8.99. The molecule has 0 saturated carbocycles. The molecule has 0 radical (unpaired) electrons. The predicted molar refractivity (Wildman–Crippen MR) is 73.5 cm³/mol. The highest BCUT2D eigenvalue weighted by Gasteiger charge is 2.27. The number of amides is 1. The summed E-state index contributed by atoms with van der Waals surface area (Å²) in [6, 6.07) is 5.58. The first kappa shape index (κ1) is 15.3. The number of ether oxygens (including phenoxy) is 1. The highest BCUT2D eigenvalue weighted by Crippen LogP contribution is 2.17. The van der Waals surface area contributed by atoms with E-state index in [1.165, 1.54) is 24.3 Å². The normalized spacial score (nSPS) is 18.3. The van der Waals surface area contributed by atoms with Crippen molar-refractivity contribution in [3.63, 3.8) is 0 Å². The molecule has 1 fully saturated rings. The number of aliphatic carboxylic acids is 1. The van der Waals surface area contributed by atoms with Gasteiger partial charge in [-0.05, 0) is 37.1 Å². The third-order valence-electron chi connectivity index (χ3n) is 3.52. The second kappa shape index (κ2) is 7.06. The van der Waals surface area contributed by atoms with Crippen molar-refractivity contribution in [3.05, 3.63) is 30.1 Å². The van der Waals surface area contributed by atoms with E-state index in [-0.39, 0.29) is 31.3 Å². The van der Waals surface area contributed by atoms with Crippen LogP contribution in [0.1, 0.15) is 19.3 Å². The van der Waals surface area contributed by atoms with Crippen LogP contribution in [0.2, 0.25) is 0 Å². The zero-order chi connectivity index (χ0) is 15.2. The largest absolute Gasteiger partial charge is 0.493 e. The predicted octanol–water partition coefficient (Wildman–Crippen LogP) is 1.92. The number of nitrogens with zero attached hydrogens (tertiary/aromatic N) is 1. The third-order valence-corrected chi connectivity index (χ3v) is 3.52. The minimum absolute atomic E-state index is 0.108. The summed E-state index contributed by atoms with van der Waals surface area (Å²) < 4.78 is 18.1. The van der Waals surface area contributed by atoms with E-state index >= 15 is 0 Å². The van der Waals surface area contributed by atoms with Crippen LogP contribution >= 0.6 is 0 Å². The van der Waals surface area contributed by atoms with Crippen LogP contribution in [-0.2, 0) is 9.59 Å². The molecule has 1 aromatic rings. The third kappa shape index (κ3) is 4.44. The van der Waals surface area contributed by atoms with Crippen LogP contribution in [0.4, 0.5) is 4.39 Å². The van der Waals surface area contributed by atoms with E-state index in [1.807, 2.05) is 0 Å². The molecule has 5 nitrogen and oxygen atoms in total. The molecule has 0 bridgehead atoms. The number of likely N-dealkylation sites (tertiary alicyclic amines) is 1. The van der Waals surface area contributed by atoms with Gasteiger partial charge in [-0.15, -0.1) is 0 Å². The van der Waals surface area contributed by atoms with Gasteiger partial charge in [-0.1, -0.05) is 0 Å². The maximum absolute atomic E-state index is 12.7. The summed E-state index contributed by atoms with van der Waals surface area (Å²) in [5.41, 5.74) is 0. The zero-order valence-corrected chi connectivity index (χ0v) is 11.6. The molecule has 114 valence electrons. The van der Waals surface area contributed by atoms with Gasteiger partial charge in [-0.3, -0.25) is 9.59 Å². The summed E-state index contributed by atoms with van der Waals surface area (Å²) >= 11 is 0. The average molecular weight is 295 g/mol. The highest BCUT2D eigenvalue weighted by atomic mass is 19.1. The first-order chi connectivity index (χ1) is 10.1. The summed E-state index contributed by atoms with van der Waals surface area (Å²) in [5.74, 6) is -1.27. The van der Waals surface area contributed by atoms with E-state index in [0.29, 0.717) is 25.1 Å². The molecule has 0 aromatic heterocycles. The first-order valence-corrected chi connectivity index (χ1v) is 6.95. The van der Waals surface area contributed by atoms with Gasteiger partial charge in [0, 0.05) is 13.1 Å². The fourth-order valence-electron chi connectivity index (χ4n) is 2.35. The molecule has 1 aliphatic rings. The molecule has 6 heteroatoms. The van der Waals surface area contributed by atoms with Crippen LogP contribution < -0.4 is 4.74 Å². The summed E-state index contributed by atoms with van der Waals surface area (Å²) in [6.45, 7) is 1.06. The van der Waals surface area contributed by atoms with Gasteiger partial charge in [0.25, 0.3) is 0 Å². The van der Waals surface area contributed by atoms with Gasteiger partial charge < -0.3 is 14.7 Å². The van der Waals surface area contributed by atoms with Crippen LogP contribution in [0.25, 0.3) is 0 Å².